The Bertz CT molecular complexity index is 3580. The Morgan fingerprint density at radius 3 is 1.82 bits per heavy atom. The second kappa shape index (κ2) is 12.4. The van der Waals surface area contributed by atoms with Crippen molar-refractivity contribution >= 4 is 70.6 Å². The maximum atomic E-state index is 6.42. The van der Waals surface area contributed by atoms with Gasteiger partial charge in [-0.1, -0.05) is 184 Å². The molecule has 9 aromatic carbocycles. The molecule has 0 spiro atoms. The number of allylic oxidation sites excluding steroid dienone is 8. The topological polar surface area (TPSA) is 13.1 Å². The van der Waals surface area contributed by atoms with Crippen molar-refractivity contribution < 1.29 is 4.42 Å². The zero-order chi connectivity index (χ0) is 39.7. The summed E-state index contributed by atoms with van der Waals surface area (Å²) in [6.07, 6.45) is 16.1. The van der Waals surface area contributed by atoms with E-state index in [1.807, 2.05) is 6.07 Å². The monoisotopic (exact) mass is 764 g/mol. The fraction of sp³-hybridized carbons (Fsp3) is 0.0847. The zero-order valence-electron chi connectivity index (χ0n) is 33.5. The highest BCUT2D eigenvalue weighted by atomic mass is 16.3. The summed E-state index contributed by atoms with van der Waals surface area (Å²) in [7, 11) is 0. The average molecular weight is 765 g/mol. The van der Waals surface area contributed by atoms with Crippen molar-refractivity contribution in [3.63, 3.8) is 0 Å². The van der Waals surface area contributed by atoms with Crippen molar-refractivity contribution in [2.24, 2.45) is 11.8 Å². The van der Waals surface area contributed by atoms with Gasteiger partial charge in [-0.15, -0.1) is 0 Å². The summed E-state index contributed by atoms with van der Waals surface area (Å²) in [5.41, 5.74) is 14.9. The minimum atomic E-state index is -0.169. The second-order valence-corrected chi connectivity index (χ2v) is 17.5. The Balaban J connectivity index is 0.992. The number of furan rings is 1. The molecule has 3 aliphatic rings. The van der Waals surface area contributed by atoms with Crippen LogP contribution in [0.15, 0.2) is 199 Å². The summed E-state index contributed by atoms with van der Waals surface area (Å²) in [6, 6.07) is 56.7. The standard InChI is InChI=1S/C59H40O/c1-59(2)53-31-27-36(32-51(53)49-28-26-37-33-52-42-19-11-12-25-54(42)60-55(52)34-50(37)58(49)59)39-29-30-48(41-18-6-5-17-40(39)41)57-46-22-9-7-20-44(46)56(45-21-8-10-23-47(45)57)43-24-13-15-35-14-3-4-16-38(35)43/h3-35,38H,1-2H3. The molecule has 0 fully saturated rings. The minimum Gasteiger partial charge on any atom is -0.456 e. The predicted molar refractivity (Wildman–Crippen MR) is 255 cm³/mol. The molecule has 0 saturated carbocycles. The number of fused-ring (bicyclic) bond motifs is 12. The van der Waals surface area contributed by atoms with E-state index in [2.05, 4.69) is 202 Å². The van der Waals surface area contributed by atoms with E-state index in [1.165, 1.54) is 110 Å². The highest BCUT2D eigenvalue weighted by Crippen LogP contribution is 2.54. The quantitative estimate of drug-likeness (QED) is 0.163. The molecule has 2 atom stereocenters. The van der Waals surface area contributed by atoms with Gasteiger partial charge >= 0.3 is 0 Å². The average Bonchev–Trinajstić information content (AvgIpc) is 3.77. The first-order valence-corrected chi connectivity index (χ1v) is 21.3. The van der Waals surface area contributed by atoms with Crippen molar-refractivity contribution in [1.29, 1.82) is 0 Å². The molecular weight excluding hydrogens is 725 g/mol. The van der Waals surface area contributed by atoms with Gasteiger partial charge in [0, 0.05) is 28.0 Å². The van der Waals surface area contributed by atoms with Gasteiger partial charge in [-0.05, 0) is 123 Å². The van der Waals surface area contributed by atoms with Crippen LogP contribution in [0.2, 0.25) is 0 Å². The molecule has 282 valence electrons. The molecule has 0 radical (unpaired) electrons. The van der Waals surface area contributed by atoms with Crippen LogP contribution in [-0.2, 0) is 5.41 Å². The molecule has 0 bridgehead atoms. The third-order valence-corrected chi connectivity index (χ3v) is 14.0. The van der Waals surface area contributed by atoms with Crippen molar-refractivity contribution in [3.8, 4) is 33.4 Å². The lowest BCUT2D eigenvalue weighted by Gasteiger charge is -2.29. The zero-order valence-corrected chi connectivity index (χ0v) is 33.5. The van der Waals surface area contributed by atoms with Gasteiger partial charge in [0.1, 0.15) is 11.2 Å². The normalized spacial score (nSPS) is 17.5. The minimum absolute atomic E-state index is 0.169. The Kier molecular flexibility index (Phi) is 6.97. The van der Waals surface area contributed by atoms with E-state index in [0.717, 1.165) is 11.2 Å². The smallest absolute Gasteiger partial charge is 0.136 e. The van der Waals surface area contributed by atoms with Gasteiger partial charge in [0.05, 0.1) is 0 Å². The highest BCUT2D eigenvalue weighted by Gasteiger charge is 2.37. The Labute approximate surface area is 348 Å². The van der Waals surface area contributed by atoms with E-state index in [9.17, 15) is 0 Å². The predicted octanol–water partition coefficient (Wildman–Crippen LogP) is 16.2. The molecule has 60 heavy (non-hydrogen) atoms. The van der Waals surface area contributed by atoms with E-state index >= 15 is 0 Å². The molecule has 10 aromatic rings. The van der Waals surface area contributed by atoms with Crippen molar-refractivity contribution in [1.82, 2.24) is 0 Å². The first-order valence-electron chi connectivity index (χ1n) is 21.3. The van der Waals surface area contributed by atoms with Gasteiger partial charge in [-0.3, -0.25) is 0 Å². The highest BCUT2D eigenvalue weighted by molar-refractivity contribution is 6.22. The van der Waals surface area contributed by atoms with Gasteiger partial charge in [0.25, 0.3) is 0 Å². The molecule has 0 amide bonds. The lowest BCUT2D eigenvalue weighted by Crippen LogP contribution is -2.15. The van der Waals surface area contributed by atoms with Crippen LogP contribution in [0.3, 0.4) is 0 Å². The first kappa shape index (κ1) is 33.7. The molecule has 1 heterocycles. The lowest BCUT2D eigenvalue weighted by molar-refractivity contribution is 0.663. The summed E-state index contributed by atoms with van der Waals surface area (Å²) in [6.45, 7) is 4.76. The van der Waals surface area contributed by atoms with Crippen LogP contribution in [0, 0.1) is 11.8 Å². The first-order chi connectivity index (χ1) is 29.5. The third-order valence-electron chi connectivity index (χ3n) is 14.0. The molecule has 2 unspecified atom stereocenters. The molecule has 0 saturated heterocycles. The summed E-state index contributed by atoms with van der Waals surface area (Å²) in [5.74, 6) is 0.685. The molecule has 1 heteroatoms. The molecular formula is C59H40O. The van der Waals surface area contributed by atoms with Crippen LogP contribution >= 0.6 is 0 Å². The number of benzene rings is 9. The lowest BCUT2D eigenvalue weighted by atomic mass is 9.74. The van der Waals surface area contributed by atoms with Crippen LogP contribution in [-0.4, -0.2) is 0 Å². The summed E-state index contributed by atoms with van der Waals surface area (Å²) < 4.78 is 6.42. The van der Waals surface area contributed by atoms with Crippen molar-refractivity contribution in [2.45, 2.75) is 19.3 Å². The Hall–Kier alpha value is -7.22. The largest absolute Gasteiger partial charge is 0.456 e. The van der Waals surface area contributed by atoms with Crippen LogP contribution in [0.25, 0.3) is 104 Å². The van der Waals surface area contributed by atoms with Crippen LogP contribution in [0.5, 0.6) is 0 Å². The number of para-hydroxylation sites is 1. The van der Waals surface area contributed by atoms with Gasteiger partial charge in [-0.2, -0.15) is 0 Å². The number of hydrogen-bond donors (Lipinski definition) is 0. The molecule has 1 nitrogen and oxygen atoms in total. The SMILES string of the molecule is CC1(C)c2ccc(-c3ccc(-c4c5ccccc5c(C5=CC=CC6C=CC=CC56)c5ccccc45)c4ccccc34)cc2-c2ccc3cc4c(cc3c21)oc1ccccc14. The van der Waals surface area contributed by atoms with Crippen molar-refractivity contribution in [2.75, 3.05) is 0 Å². The molecule has 1 aromatic heterocycles. The second-order valence-electron chi connectivity index (χ2n) is 17.5. The summed E-state index contributed by atoms with van der Waals surface area (Å²) in [4.78, 5) is 0. The van der Waals surface area contributed by atoms with Crippen LogP contribution < -0.4 is 0 Å². The maximum Gasteiger partial charge on any atom is 0.136 e. The van der Waals surface area contributed by atoms with Crippen molar-refractivity contribution in [3.05, 3.63) is 211 Å². The summed E-state index contributed by atoms with van der Waals surface area (Å²) >= 11 is 0. The van der Waals surface area contributed by atoms with Crippen LogP contribution in [0.4, 0.5) is 0 Å². The van der Waals surface area contributed by atoms with Crippen LogP contribution in [0.1, 0.15) is 30.5 Å². The van der Waals surface area contributed by atoms with E-state index in [0.29, 0.717) is 11.8 Å². The Morgan fingerprint density at radius 2 is 1.05 bits per heavy atom. The summed E-state index contributed by atoms with van der Waals surface area (Å²) in [5, 5.41) is 12.6. The van der Waals surface area contributed by atoms with Gasteiger partial charge < -0.3 is 4.42 Å². The molecule has 3 aliphatic carbocycles. The van der Waals surface area contributed by atoms with Gasteiger partial charge in [0.15, 0.2) is 0 Å². The fourth-order valence-corrected chi connectivity index (χ4v) is 11.3. The maximum absolute atomic E-state index is 6.42. The molecule has 0 aliphatic heterocycles. The fourth-order valence-electron chi connectivity index (χ4n) is 11.3. The van der Waals surface area contributed by atoms with E-state index in [4.69, 9.17) is 4.42 Å². The Morgan fingerprint density at radius 1 is 0.433 bits per heavy atom. The van der Waals surface area contributed by atoms with Gasteiger partial charge in [0.2, 0.25) is 0 Å². The van der Waals surface area contributed by atoms with Gasteiger partial charge in [-0.25, -0.2) is 0 Å². The molecule has 13 rings (SSSR count). The third kappa shape index (κ3) is 4.63. The van der Waals surface area contributed by atoms with E-state index in [-0.39, 0.29) is 5.41 Å². The number of rotatable bonds is 3. The van der Waals surface area contributed by atoms with E-state index < -0.39 is 0 Å². The number of hydrogen-bond acceptors (Lipinski definition) is 1. The van der Waals surface area contributed by atoms with E-state index in [1.54, 1.807) is 0 Å². The molecule has 0 N–H and O–H groups in total.